The normalized spacial score (nSPS) is 11.7. The number of benzene rings is 1. The van der Waals surface area contributed by atoms with Gasteiger partial charge in [0.25, 0.3) is 0 Å². The number of hydrogen-bond acceptors (Lipinski definition) is 4. The van der Waals surface area contributed by atoms with Gasteiger partial charge in [-0.15, -0.1) is 35.3 Å². The lowest BCUT2D eigenvalue weighted by atomic mass is 9.93. The predicted octanol–water partition coefficient (Wildman–Crippen LogP) is 4.37. The van der Waals surface area contributed by atoms with Crippen molar-refractivity contribution in [3.63, 3.8) is 0 Å². The van der Waals surface area contributed by atoms with Crippen LogP contribution in [0.3, 0.4) is 0 Å². The summed E-state index contributed by atoms with van der Waals surface area (Å²) in [5.41, 5.74) is 2.42. The highest BCUT2D eigenvalue weighted by Crippen LogP contribution is 2.23. The molecular weight excluding hydrogens is 471 g/mol. The number of aromatic nitrogens is 1. The minimum Gasteiger partial charge on any atom is -0.497 e. The molecule has 0 spiro atoms. The zero-order chi connectivity index (χ0) is 19.0. The first-order valence-electron chi connectivity index (χ1n) is 9.02. The van der Waals surface area contributed by atoms with Crippen molar-refractivity contribution in [2.45, 2.75) is 46.1 Å². The van der Waals surface area contributed by atoms with E-state index in [0.717, 1.165) is 47.5 Å². The van der Waals surface area contributed by atoms with E-state index in [1.807, 2.05) is 24.3 Å². The second-order valence-electron chi connectivity index (χ2n) is 7.10. The maximum atomic E-state index is 5.19. The van der Waals surface area contributed by atoms with Crippen LogP contribution in [-0.4, -0.2) is 31.1 Å². The molecule has 0 atom stereocenters. The van der Waals surface area contributed by atoms with Gasteiger partial charge in [0.1, 0.15) is 5.75 Å². The number of aliphatic imine (C=N–C) groups is 1. The van der Waals surface area contributed by atoms with E-state index < -0.39 is 0 Å². The van der Waals surface area contributed by atoms with E-state index in [1.54, 1.807) is 18.4 Å². The molecule has 0 aliphatic rings. The minimum absolute atomic E-state index is 0. The van der Waals surface area contributed by atoms with Gasteiger partial charge in [-0.3, -0.25) is 0 Å². The first kappa shape index (κ1) is 23.7. The average molecular weight is 502 g/mol. The molecule has 0 unspecified atom stereocenters. The summed E-state index contributed by atoms with van der Waals surface area (Å²) >= 11 is 1.73. The van der Waals surface area contributed by atoms with E-state index in [4.69, 9.17) is 9.72 Å². The molecule has 0 radical (unpaired) electrons. The Morgan fingerprint density at radius 3 is 2.44 bits per heavy atom. The highest BCUT2D eigenvalue weighted by molar-refractivity contribution is 14.0. The van der Waals surface area contributed by atoms with Gasteiger partial charge in [-0.05, 0) is 24.6 Å². The predicted molar refractivity (Wildman–Crippen MR) is 126 cm³/mol. The number of hydrogen-bond donors (Lipinski definition) is 2. The Labute approximate surface area is 184 Å². The average Bonchev–Trinajstić information content (AvgIpc) is 3.09. The van der Waals surface area contributed by atoms with Gasteiger partial charge in [-0.2, -0.15) is 0 Å². The zero-order valence-corrected chi connectivity index (χ0v) is 20.0. The topological polar surface area (TPSA) is 58.5 Å². The van der Waals surface area contributed by atoms with Crippen molar-refractivity contribution in [1.82, 2.24) is 15.6 Å². The van der Waals surface area contributed by atoms with Crippen LogP contribution in [0.25, 0.3) is 0 Å². The van der Waals surface area contributed by atoms with Crippen LogP contribution in [-0.2, 0) is 18.4 Å². The highest BCUT2D eigenvalue weighted by atomic mass is 127. The van der Waals surface area contributed by atoms with Crippen molar-refractivity contribution in [2.75, 3.05) is 20.2 Å². The van der Waals surface area contributed by atoms with Gasteiger partial charge in [0.2, 0.25) is 0 Å². The fraction of sp³-hybridized carbons (Fsp3) is 0.500. The summed E-state index contributed by atoms with van der Waals surface area (Å²) in [5, 5.41) is 10.0. The molecule has 0 fully saturated rings. The summed E-state index contributed by atoms with van der Waals surface area (Å²) in [6.07, 6.45) is 0.897. The molecule has 0 aliphatic heterocycles. The van der Waals surface area contributed by atoms with E-state index in [9.17, 15) is 0 Å². The summed E-state index contributed by atoms with van der Waals surface area (Å²) in [4.78, 5) is 9.39. The molecule has 5 nitrogen and oxygen atoms in total. The van der Waals surface area contributed by atoms with Crippen LogP contribution in [0.5, 0.6) is 5.75 Å². The molecule has 0 saturated carbocycles. The number of ether oxygens (including phenoxy) is 1. The molecule has 150 valence electrons. The number of halogens is 1. The number of nitrogens with zero attached hydrogens (tertiary/aromatic N) is 2. The van der Waals surface area contributed by atoms with Gasteiger partial charge >= 0.3 is 0 Å². The van der Waals surface area contributed by atoms with E-state index in [0.29, 0.717) is 6.54 Å². The Morgan fingerprint density at radius 2 is 1.89 bits per heavy atom. The molecule has 0 aliphatic carbocycles. The summed E-state index contributed by atoms with van der Waals surface area (Å²) in [7, 11) is 1.67. The van der Waals surface area contributed by atoms with E-state index in [-0.39, 0.29) is 29.4 Å². The molecule has 0 bridgehead atoms. The summed E-state index contributed by atoms with van der Waals surface area (Å²) < 4.78 is 5.19. The van der Waals surface area contributed by atoms with Crippen molar-refractivity contribution in [1.29, 1.82) is 0 Å². The van der Waals surface area contributed by atoms with Gasteiger partial charge in [-0.1, -0.05) is 32.9 Å². The molecule has 2 rings (SSSR count). The number of methoxy groups -OCH3 is 1. The van der Waals surface area contributed by atoms with Crippen molar-refractivity contribution in [3.8, 4) is 5.75 Å². The molecule has 2 N–H and O–H groups in total. The fourth-order valence-corrected chi connectivity index (χ4v) is 3.33. The third-order valence-corrected chi connectivity index (χ3v) is 4.78. The summed E-state index contributed by atoms with van der Waals surface area (Å²) in [5.74, 6) is 1.69. The minimum atomic E-state index is 0. The van der Waals surface area contributed by atoms with Gasteiger partial charge in [0, 0.05) is 30.3 Å². The van der Waals surface area contributed by atoms with Crippen molar-refractivity contribution in [2.24, 2.45) is 4.99 Å². The van der Waals surface area contributed by atoms with Gasteiger partial charge < -0.3 is 15.4 Å². The van der Waals surface area contributed by atoms with Crippen molar-refractivity contribution in [3.05, 3.63) is 45.9 Å². The third kappa shape index (κ3) is 8.04. The van der Waals surface area contributed by atoms with E-state index in [2.05, 4.69) is 48.7 Å². The smallest absolute Gasteiger partial charge is 0.191 e. The number of nitrogens with one attached hydrogen (secondary N) is 2. The Hall–Kier alpha value is -1.35. The summed E-state index contributed by atoms with van der Waals surface area (Å²) in [6.45, 7) is 10.9. The van der Waals surface area contributed by atoms with Gasteiger partial charge in [0.05, 0.1) is 24.4 Å². The fourth-order valence-electron chi connectivity index (χ4n) is 2.30. The van der Waals surface area contributed by atoms with Gasteiger partial charge in [-0.25, -0.2) is 9.98 Å². The van der Waals surface area contributed by atoms with Crippen LogP contribution in [0.4, 0.5) is 0 Å². The van der Waals surface area contributed by atoms with Crippen LogP contribution in [0.15, 0.2) is 34.6 Å². The molecule has 0 amide bonds. The maximum absolute atomic E-state index is 5.19. The lowest BCUT2D eigenvalue weighted by Crippen LogP contribution is -2.38. The molecule has 1 aromatic carbocycles. The molecule has 1 heterocycles. The van der Waals surface area contributed by atoms with Crippen LogP contribution < -0.4 is 15.4 Å². The molecule has 1 aromatic heterocycles. The lowest BCUT2D eigenvalue weighted by molar-refractivity contribution is 0.414. The number of guanidine groups is 1. The first-order chi connectivity index (χ1) is 12.4. The Bertz CT molecular complexity index is 708. The second kappa shape index (κ2) is 11.5. The SMILES string of the molecule is CCNC(=NCc1ccc(OC)cc1)NCCc1nc(C(C)(C)C)cs1.I. The lowest BCUT2D eigenvalue weighted by Gasteiger charge is -2.14. The standard InChI is InChI=1S/C20H30N4OS.HI/c1-6-21-19(23-13-15-7-9-16(25-5)10-8-15)22-12-11-18-24-17(14-26-18)20(2,3)4;/h7-10,14H,6,11-13H2,1-5H3,(H2,21,22,23);1H. The Morgan fingerprint density at radius 1 is 1.19 bits per heavy atom. The number of thiazole rings is 1. The van der Waals surface area contributed by atoms with E-state index in [1.165, 1.54) is 0 Å². The molecule has 27 heavy (non-hydrogen) atoms. The Balaban J connectivity index is 0.00000364. The third-order valence-electron chi connectivity index (χ3n) is 3.87. The Kier molecular flexibility index (Phi) is 10.1. The van der Waals surface area contributed by atoms with E-state index >= 15 is 0 Å². The zero-order valence-electron chi connectivity index (χ0n) is 16.8. The first-order valence-corrected chi connectivity index (χ1v) is 9.90. The van der Waals surface area contributed by atoms with Crippen LogP contribution >= 0.6 is 35.3 Å². The number of rotatable bonds is 7. The van der Waals surface area contributed by atoms with Crippen LogP contribution in [0.2, 0.25) is 0 Å². The van der Waals surface area contributed by atoms with Crippen LogP contribution in [0, 0.1) is 0 Å². The maximum Gasteiger partial charge on any atom is 0.191 e. The molecule has 7 heteroatoms. The van der Waals surface area contributed by atoms with Crippen molar-refractivity contribution >= 4 is 41.3 Å². The molecule has 2 aromatic rings. The highest BCUT2D eigenvalue weighted by Gasteiger charge is 2.17. The van der Waals surface area contributed by atoms with Crippen molar-refractivity contribution < 1.29 is 4.74 Å². The largest absolute Gasteiger partial charge is 0.497 e. The quantitative estimate of drug-likeness (QED) is 0.336. The summed E-state index contributed by atoms with van der Waals surface area (Å²) in [6, 6.07) is 7.99. The molecule has 0 saturated heterocycles. The van der Waals surface area contributed by atoms with Gasteiger partial charge in [0.15, 0.2) is 5.96 Å². The monoisotopic (exact) mass is 502 g/mol. The molecular formula is C20H31IN4OS. The van der Waals surface area contributed by atoms with Crippen LogP contribution in [0.1, 0.15) is 44.0 Å². The second-order valence-corrected chi connectivity index (χ2v) is 8.04.